The fourth-order valence-electron chi connectivity index (χ4n) is 2.01. The zero-order valence-electron chi connectivity index (χ0n) is 10.7. The van der Waals surface area contributed by atoms with E-state index in [1.165, 1.54) is 0 Å². The van der Waals surface area contributed by atoms with Crippen LogP contribution in [0.15, 0.2) is 6.07 Å². The monoisotopic (exact) mass is 270 g/mol. The maximum atomic E-state index is 13.8. The van der Waals surface area contributed by atoms with Crippen molar-refractivity contribution in [2.24, 2.45) is 0 Å². The van der Waals surface area contributed by atoms with Crippen molar-refractivity contribution in [1.82, 2.24) is 10.3 Å². The summed E-state index contributed by atoms with van der Waals surface area (Å²) in [6.45, 7) is 5.04. The van der Waals surface area contributed by atoms with Gasteiger partial charge in [-0.3, -0.25) is 4.79 Å². The SMILES string of the molecule is Cc1[nH]c2cc(F)c(F)c(F)c2c1C(=O)NC(C)C. The van der Waals surface area contributed by atoms with Gasteiger partial charge in [0.2, 0.25) is 0 Å². The first-order valence-electron chi connectivity index (χ1n) is 5.79. The highest BCUT2D eigenvalue weighted by atomic mass is 19.2. The van der Waals surface area contributed by atoms with Gasteiger partial charge in [0.15, 0.2) is 17.5 Å². The number of rotatable bonds is 2. The molecule has 1 aromatic heterocycles. The molecule has 0 spiro atoms. The van der Waals surface area contributed by atoms with Gasteiger partial charge in [-0.25, -0.2) is 13.2 Å². The minimum absolute atomic E-state index is 0.0000926. The van der Waals surface area contributed by atoms with Gasteiger partial charge in [0.05, 0.1) is 16.5 Å². The van der Waals surface area contributed by atoms with E-state index in [0.29, 0.717) is 5.69 Å². The van der Waals surface area contributed by atoms with Crippen LogP contribution in [-0.2, 0) is 0 Å². The van der Waals surface area contributed by atoms with Gasteiger partial charge >= 0.3 is 0 Å². The molecule has 1 aromatic carbocycles. The molecule has 0 aliphatic heterocycles. The summed E-state index contributed by atoms with van der Waals surface area (Å²) in [5, 5.41) is 2.37. The molecular weight excluding hydrogens is 257 g/mol. The number of amides is 1. The molecule has 2 rings (SSSR count). The van der Waals surface area contributed by atoms with E-state index in [4.69, 9.17) is 0 Å². The van der Waals surface area contributed by atoms with Crippen molar-refractivity contribution in [3.63, 3.8) is 0 Å². The first kappa shape index (κ1) is 13.5. The zero-order valence-corrected chi connectivity index (χ0v) is 10.7. The van der Waals surface area contributed by atoms with Crippen LogP contribution in [0.1, 0.15) is 29.9 Å². The van der Waals surface area contributed by atoms with Crippen LogP contribution in [-0.4, -0.2) is 16.9 Å². The zero-order chi connectivity index (χ0) is 14.3. The summed E-state index contributed by atoms with van der Waals surface area (Å²) in [4.78, 5) is 14.7. The Hall–Kier alpha value is -1.98. The third kappa shape index (κ3) is 2.18. The first-order valence-corrected chi connectivity index (χ1v) is 5.79. The number of hydrogen-bond donors (Lipinski definition) is 2. The highest BCUT2D eigenvalue weighted by Gasteiger charge is 2.23. The van der Waals surface area contributed by atoms with E-state index >= 15 is 0 Å². The number of benzene rings is 1. The second-order valence-electron chi connectivity index (χ2n) is 4.66. The first-order chi connectivity index (χ1) is 8.82. The Morgan fingerprint density at radius 1 is 1.26 bits per heavy atom. The molecule has 6 heteroatoms. The molecule has 0 aliphatic rings. The highest BCUT2D eigenvalue weighted by Crippen LogP contribution is 2.28. The normalized spacial score (nSPS) is 11.3. The molecule has 2 aromatic rings. The van der Waals surface area contributed by atoms with Crippen LogP contribution >= 0.6 is 0 Å². The van der Waals surface area contributed by atoms with Gasteiger partial charge < -0.3 is 10.3 Å². The number of aromatic nitrogens is 1. The Kier molecular flexibility index (Phi) is 3.26. The topological polar surface area (TPSA) is 44.9 Å². The fourth-order valence-corrected chi connectivity index (χ4v) is 2.01. The van der Waals surface area contributed by atoms with Crippen LogP contribution in [0.2, 0.25) is 0 Å². The number of aryl methyl sites for hydroxylation is 1. The number of halogens is 3. The van der Waals surface area contributed by atoms with E-state index in [2.05, 4.69) is 10.3 Å². The van der Waals surface area contributed by atoms with Gasteiger partial charge in [0.1, 0.15) is 0 Å². The minimum atomic E-state index is -1.58. The third-order valence-corrected chi connectivity index (χ3v) is 2.76. The van der Waals surface area contributed by atoms with Gasteiger partial charge in [0, 0.05) is 17.8 Å². The van der Waals surface area contributed by atoms with Crippen molar-refractivity contribution in [3.05, 3.63) is 34.8 Å². The third-order valence-electron chi connectivity index (χ3n) is 2.76. The molecule has 102 valence electrons. The largest absolute Gasteiger partial charge is 0.358 e. The average Bonchev–Trinajstić information content (AvgIpc) is 2.61. The Balaban J connectivity index is 2.71. The van der Waals surface area contributed by atoms with Gasteiger partial charge in [-0.05, 0) is 20.8 Å². The summed E-state index contributed by atoms with van der Waals surface area (Å²) >= 11 is 0. The number of carbonyl (C=O) groups is 1. The lowest BCUT2D eigenvalue weighted by molar-refractivity contribution is 0.0944. The summed E-state index contributed by atoms with van der Waals surface area (Å²) in [6.07, 6.45) is 0. The molecule has 3 nitrogen and oxygen atoms in total. The van der Waals surface area contributed by atoms with Crippen LogP contribution in [0.25, 0.3) is 10.9 Å². The van der Waals surface area contributed by atoms with Crippen molar-refractivity contribution < 1.29 is 18.0 Å². The van der Waals surface area contributed by atoms with E-state index < -0.39 is 23.4 Å². The Morgan fingerprint density at radius 3 is 2.47 bits per heavy atom. The average molecular weight is 270 g/mol. The van der Waals surface area contributed by atoms with Crippen molar-refractivity contribution in [1.29, 1.82) is 0 Å². The van der Waals surface area contributed by atoms with Crippen LogP contribution in [0, 0.1) is 24.4 Å². The molecule has 0 fully saturated rings. The smallest absolute Gasteiger partial charge is 0.254 e. The van der Waals surface area contributed by atoms with Gasteiger partial charge in [-0.15, -0.1) is 0 Å². The number of H-pyrrole nitrogens is 1. The molecule has 0 radical (unpaired) electrons. The lowest BCUT2D eigenvalue weighted by atomic mass is 10.1. The molecule has 1 amide bonds. The fraction of sp³-hybridized carbons (Fsp3) is 0.308. The summed E-state index contributed by atoms with van der Waals surface area (Å²) in [5.41, 5.74) is 0.417. The van der Waals surface area contributed by atoms with Crippen molar-refractivity contribution >= 4 is 16.8 Å². The molecular formula is C13H13F3N2O. The predicted molar refractivity (Wildman–Crippen MR) is 65.5 cm³/mol. The van der Waals surface area contributed by atoms with Crippen LogP contribution < -0.4 is 5.32 Å². The summed E-state index contributed by atoms with van der Waals surface area (Å²) in [5.74, 6) is -4.75. The quantitative estimate of drug-likeness (QED) is 0.809. The number of aromatic amines is 1. The lowest BCUT2D eigenvalue weighted by Crippen LogP contribution is -2.30. The number of hydrogen-bond acceptors (Lipinski definition) is 1. The Labute approximate surface area is 107 Å². The standard InChI is InChI=1S/C13H13F3N2O/c1-5(2)17-13(19)9-6(3)18-8-4-7(14)11(15)12(16)10(8)9/h4-5,18H,1-3H3,(H,17,19). The van der Waals surface area contributed by atoms with Gasteiger partial charge in [0.25, 0.3) is 5.91 Å². The number of fused-ring (bicyclic) bond motifs is 1. The molecule has 0 saturated carbocycles. The van der Waals surface area contributed by atoms with Crippen LogP contribution in [0.4, 0.5) is 13.2 Å². The van der Waals surface area contributed by atoms with Crippen LogP contribution in [0.3, 0.4) is 0 Å². The molecule has 1 heterocycles. The molecule has 0 bridgehead atoms. The maximum absolute atomic E-state index is 13.8. The minimum Gasteiger partial charge on any atom is -0.358 e. The number of nitrogens with one attached hydrogen (secondary N) is 2. The molecule has 0 aliphatic carbocycles. The van der Waals surface area contributed by atoms with E-state index in [-0.39, 0.29) is 22.5 Å². The van der Waals surface area contributed by atoms with Crippen molar-refractivity contribution in [2.45, 2.75) is 26.8 Å². The summed E-state index contributed by atoms with van der Waals surface area (Å²) in [7, 11) is 0. The summed E-state index contributed by atoms with van der Waals surface area (Å²) in [6, 6.07) is 0.692. The van der Waals surface area contributed by atoms with E-state index in [9.17, 15) is 18.0 Å². The second-order valence-corrected chi connectivity index (χ2v) is 4.66. The Bertz CT molecular complexity index is 662. The molecule has 19 heavy (non-hydrogen) atoms. The maximum Gasteiger partial charge on any atom is 0.254 e. The van der Waals surface area contributed by atoms with E-state index in [0.717, 1.165) is 6.07 Å². The van der Waals surface area contributed by atoms with Crippen molar-refractivity contribution in [3.8, 4) is 0 Å². The Morgan fingerprint density at radius 2 is 1.89 bits per heavy atom. The van der Waals surface area contributed by atoms with E-state index in [1.807, 2.05) is 0 Å². The van der Waals surface area contributed by atoms with Crippen molar-refractivity contribution in [2.75, 3.05) is 0 Å². The second kappa shape index (κ2) is 4.60. The molecule has 0 atom stereocenters. The van der Waals surface area contributed by atoms with E-state index in [1.54, 1.807) is 20.8 Å². The highest BCUT2D eigenvalue weighted by molar-refractivity contribution is 6.08. The van der Waals surface area contributed by atoms with Gasteiger partial charge in [-0.1, -0.05) is 0 Å². The van der Waals surface area contributed by atoms with Crippen LogP contribution in [0.5, 0.6) is 0 Å². The number of carbonyl (C=O) groups excluding carboxylic acids is 1. The molecule has 0 unspecified atom stereocenters. The lowest BCUT2D eigenvalue weighted by Gasteiger charge is -2.08. The molecule has 0 saturated heterocycles. The molecule has 2 N–H and O–H groups in total. The summed E-state index contributed by atoms with van der Waals surface area (Å²) < 4.78 is 40.2. The predicted octanol–water partition coefficient (Wildman–Crippen LogP) is 3.03. The van der Waals surface area contributed by atoms with Gasteiger partial charge in [-0.2, -0.15) is 0 Å².